The average molecular weight is 279 g/mol. The zero-order valence-electron chi connectivity index (χ0n) is 11.8. The second-order valence-electron chi connectivity index (χ2n) is 5.51. The van der Waals surface area contributed by atoms with Crippen LogP contribution in [0.15, 0.2) is 41.9 Å². The molecule has 0 bridgehead atoms. The van der Waals surface area contributed by atoms with Gasteiger partial charge in [-0.2, -0.15) is 0 Å². The van der Waals surface area contributed by atoms with Crippen LogP contribution in [0.1, 0.15) is 31.9 Å². The summed E-state index contributed by atoms with van der Waals surface area (Å²) in [6.45, 7) is 7.48. The summed E-state index contributed by atoms with van der Waals surface area (Å²) in [6.07, 6.45) is 3.16. The summed E-state index contributed by atoms with van der Waals surface area (Å²) in [5.41, 5.74) is 3.19. The van der Waals surface area contributed by atoms with E-state index in [2.05, 4.69) is 54.4 Å². The topological polar surface area (TPSA) is 15.3 Å². The highest BCUT2D eigenvalue weighted by Crippen LogP contribution is 2.28. The van der Waals surface area contributed by atoms with Crippen molar-refractivity contribution in [3.05, 3.63) is 47.5 Å². The van der Waals surface area contributed by atoms with Gasteiger partial charge in [-0.15, -0.1) is 0 Å². The predicted molar refractivity (Wildman–Crippen MR) is 82.4 cm³/mol. The van der Waals surface area contributed by atoms with Crippen molar-refractivity contribution < 1.29 is 0 Å². The van der Waals surface area contributed by atoms with Gasteiger partial charge in [0.25, 0.3) is 0 Å². The maximum Gasteiger partial charge on any atom is 0.0476 e. The van der Waals surface area contributed by atoms with Crippen LogP contribution in [-0.2, 0) is 0 Å². The van der Waals surface area contributed by atoms with Crippen LogP contribution in [-0.4, -0.2) is 30.1 Å². The van der Waals surface area contributed by atoms with Crippen LogP contribution in [0.25, 0.3) is 0 Å². The third-order valence-corrected chi connectivity index (χ3v) is 4.29. The van der Waals surface area contributed by atoms with E-state index in [0.29, 0.717) is 6.04 Å². The first-order valence-corrected chi connectivity index (χ1v) is 7.41. The molecule has 0 saturated carbocycles. The van der Waals surface area contributed by atoms with Gasteiger partial charge in [0.2, 0.25) is 0 Å². The quantitative estimate of drug-likeness (QED) is 0.906. The van der Waals surface area contributed by atoms with Crippen LogP contribution in [0, 0.1) is 0 Å². The Hall–Kier alpha value is -0.830. The molecule has 1 aromatic rings. The summed E-state index contributed by atoms with van der Waals surface area (Å²) in [7, 11) is 0. The standard InChI is InChI=1S/C16H23ClN2/c1-3-16(2)13-19(11-7-10-17)15(12-18-16)14-8-5-4-6-9-14/h4-10,15,18H,3,11-13H2,1-2H3/b10-7+. The van der Waals surface area contributed by atoms with Crippen molar-refractivity contribution in [2.24, 2.45) is 0 Å². The van der Waals surface area contributed by atoms with E-state index < -0.39 is 0 Å². The van der Waals surface area contributed by atoms with Gasteiger partial charge in [-0.05, 0) is 18.9 Å². The third-order valence-electron chi connectivity index (χ3n) is 4.11. The summed E-state index contributed by atoms with van der Waals surface area (Å²) < 4.78 is 0. The number of nitrogens with one attached hydrogen (secondary N) is 1. The average Bonchev–Trinajstić information content (AvgIpc) is 2.46. The summed E-state index contributed by atoms with van der Waals surface area (Å²) >= 11 is 5.70. The Morgan fingerprint density at radius 3 is 2.79 bits per heavy atom. The van der Waals surface area contributed by atoms with E-state index in [0.717, 1.165) is 26.1 Å². The van der Waals surface area contributed by atoms with Gasteiger partial charge >= 0.3 is 0 Å². The SMILES string of the molecule is CCC1(C)CN(C/C=C/Cl)C(c2ccccc2)CN1. The zero-order chi connectivity index (χ0) is 13.7. The van der Waals surface area contributed by atoms with E-state index in [1.54, 1.807) is 5.54 Å². The molecule has 2 unspecified atom stereocenters. The van der Waals surface area contributed by atoms with Crippen molar-refractivity contribution in [1.82, 2.24) is 10.2 Å². The fraction of sp³-hybridized carbons (Fsp3) is 0.500. The van der Waals surface area contributed by atoms with Gasteiger partial charge in [0.05, 0.1) is 0 Å². The molecule has 3 heteroatoms. The molecule has 0 aliphatic carbocycles. The van der Waals surface area contributed by atoms with E-state index in [9.17, 15) is 0 Å². The molecule has 19 heavy (non-hydrogen) atoms. The molecule has 1 aliphatic rings. The fourth-order valence-electron chi connectivity index (χ4n) is 2.69. The van der Waals surface area contributed by atoms with Crippen LogP contribution in [0.5, 0.6) is 0 Å². The second kappa shape index (κ2) is 6.56. The number of hydrogen-bond acceptors (Lipinski definition) is 2. The molecule has 104 valence electrons. The number of rotatable bonds is 4. The Kier molecular flexibility index (Phi) is 5.03. The van der Waals surface area contributed by atoms with Gasteiger partial charge in [-0.3, -0.25) is 4.90 Å². The van der Waals surface area contributed by atoms with Gasteiger partial charge in [0.15, 0.2) is 0 Å². The highest BCUT2D eigenvalue weighted by molar-refractivity contribution is 6.25. The van der Waals surface area contributed by atoms with Crippen LogP contribution < -0.4 is 5.32 Å². The molecule has 0 aromatic heterocycles. The van der Waals surface area contributed by atoms with Crippen molar-refractivity contribution in [3.63, 3.8) is 0 Å². The van der Waals surface area contributed by atoms with E-state index in [-0.39, 0.29) is 5.54 Å². The molecular weight excluding hydrogens is 256 g/mol. The maximum absolute atomic E-state index is 5.70. The monoisotopic (exact) mass is 278 g/mol. The Labute approximate surface area is 121 Å². The molecule has 2 rings (SSSR count). The molecule has 2 nitrogen and oxygen atoms in total. The first kappa shape index (κ1) is 14.6. The molecular formula is C16H23ClN2. The molecule has 0 radical (unpaired) electrons. The van der Waals surface area contributed by atoms with Crippen molar-refractivity contribution >= 4 is 11.6 Å². The van der Waals surface area contributed by atoms with Crippen LogP contribution >= 0.6 is 11.6 Å². The second-order valence-corrected chi connectivity index (χ2v) is 5.76. The van der Waals surface area contributed by atoms with E-state index in [4.69, 9.17) is 11.6 Å². The number of benzene rings is 1. The summed E-state index contributed by atoms with van der Waals surface area (Å²) in [5, 5.41) is 3.70. The normalized spacial score (nSPS) is 28.9. The van der Waals surface area contributed by atoms with Gasteiger partial charge in [0.1, 0.15) is 0 Å². The van der Waals surface area contributed by atoms with Crippen molar-refractivity contribution in [3.8, 4) is 0 Å². The van der Waals surface area contributed by atoms with E-state index >= 15 is 0 Å². The summed E-state index contributed by atoms with van der Waals surface area (Å²) in [6, 6.07) is 11.1. The molecule has 0 amide bonds. The van der Waals surface area contributed by atoms with Gasteiger partial charge < -0.3 is 5.32 Å². The lowest BCUT2D eigenvalue weighted by atomic mass is 9.91. The molecule has 1 N–H and O–H groups in total. The van der Waals surface area contributed by atoms with Gasteiger partial charge in [-0.1, -0.05) is 54.9 Å². The Morgan fingerprint density at radius 2 is 2.16 bits per heavy atom. The minimum Gasteiger partial charge on any atom is -0.308 e. The number of nitrogens with zero attached hydrogens (tertiary/aromatic N) is 1. The van der Waals surface area contributed by atoms with Crippen LogP contribution in [0.4, 0.5) is 0 Å². The zero-order valence-corrected chi connectivity index (χ0v) is 12.5. The molecule has 1 aliphatic heterocycles. The van der Waals surface area contributed by atoms with E-state index in [1.807, 2.05) is 6.08 Å². The Bertz CT molecular complexity index is 418. The fourth-order valence-corrected chi connectivity index (χ4v) is 2.77. The number of piperazine rings is 1. The maximum atomic E-state index is 5.70. The lowest BCUT2D eigenvalue weighted by Crippen LogP contribution is -2.59. The number of hydrogen-bond donors (Lipinski definition) is 1. The van der Waals surface area contributed by atoms with Gasteiger partial charge in [0, 0.05) is 36.8 Å². The molecule has 1 aromatic carbocycles. The Morgan fingerprint density at radius 1 is 1.42 bits per heavy atom. The van der Waals surface area contributed by atoms with Crippen molar-refractivity contribution in [2.75, 3.05) is 19.6 Å². The lowest BCUT2D eigenvalue weighted by Gasteiger charge is -2.46. The molecule has 2 atom stereocenters. The highest BCUT2D eigenvalue weighted by atomic mass is 35.5. The summed E-state index contributed by atoms with van der Waals surface area (Å²) in [4.78, 5) is 2.51. The molecule has 1 heterocycles. The van der Waals surface area contributed by atoms with Gasteiger partial charge in [-0.25, -0.2) is 0 Å². The molecule has 0 spiro atoms. The van der Waals surface area contributed by atoms with Crippen molar-refractivity contribution in [1.29, 1.82) is 0 Å². The van der Waals surface area contributed by atoms with Crippen molar-refractivity contribution in [2.45, 2.75) is 31.8 Å². The third kappa shape index (κ3) is 3.59. The molecule has 1 saturated heterocycles. The molecule has 1 fully saturated rings. The minimum atomic E-state index is 0.200. The smallest absolute Gasteiger partial charge is 0.0476 e. The van der Waals surface area contributed by atoms with Crippen LogP contribution in [0.2, 0.25) is 0 Å². The Balaban J connectivity index is 2.17. The first-order valence-electron chi connectivity index (χ1n) is 6.98. The minimum absolute atomic E-state index is 0.200. The summed E-state index contributed by atoms with van der Waals surface area (Å²) in [5.74, 6) is 0. The first-order chi connectivity index (χ1) is 9.18. The largest absolute Gasteiger partial charge is 0.308 e. The lowest BCUT2D eigenvalue weighted by molar-refractivity contribution is 0.0956. The highest BCUT2D eigenvalue weighted by Gasteiger charge is 2.34. The predicted octanol–water partition coefficient (Wildman–Crippen LogP) is 3.55. The van der Waals surface area contributed by atoms with E-state index in [1.165, 1.54) is 5.56 Å². The number of halogens is 1. The van der Waals surface area contributed by atoms with Crippen LogP contribution in [0.3, 0.4) is 0 Å².